The second-order valence-electron chi connectivity index (χ2n) is 6.25. The summed E-state index contributed by atoms with van der Waals surface area (Å²) in [5, 5.41) is 16.1. The normalized spacial score (nSPS) is 24.6. The van der Waals surface area contributed by atoms with Gasteiger partial charge in [0, 0.05) is 12.0 Å². The van der Waals surface area contributed by atoms with Crippen LogP contribution in [0.1, 0.15) is 32.6 Å². The van der Waals surface area contributed by atoms with Gasteiger partial charge in [-0.1, -0.05) is 31.9 Å². The second kappa shape index (κ2) is 7.49. The number of rotatable bonds is 6. The van der Waals surface area contributed by atoms with Gasteiger partial charge in [0.1, 0.15) is 5.75 Å². The fraction of sp³-hybridized carbons (Fsp3) is 0.588. The SMILES string of the molecule is COc1ccccc1NCC(=O)NC[C@]1(C)CCCC[C@H]1O. The van der Waals surface area contributed by atoms with Gasteiger partial charge in [-0.25, -0.2) is 0 Å². The van der Waals surface area contributed by atoms with Crippen LogP contribution in [0.3, 0.4) is 0 Å². The van der Waals surface area contributed by atoms with Crippen molar-refractivity contribution in [2.45, 2.75) is 38.7 Å². The highest BCUT2D eigenvalue weighted by Gasteiger charge is 2.35. The summed E-state index contributed by atoms with van der Waals surface area (Å²) in [6.45, 7) is 2.75. The lowest BCUT2D eigenvalue weighted by atomic mass is 9.73. The number of aliphatic hydroxyl groups excluding tert-OH is 1. The molecule has 22 heavy (non-hydrogen) atoms. The molecule has 1 amide bonds. The van der Waals surface area contributed by atoms with Crippen LogP contribution < -0.4 is 15.4 Å². The van der Waals surface area contributed by atoms with E-state index in [4.69, 9.17) is 4.74 Å². The molecule has 0 unspecified atom stereocenters. The molecule has 1 aliphatic rings. The van der Waals surface area contributed by atoms with Gasteiger partial charge in [-0.2, -0.15) is 0 Å². The van der Waals surface area contributed by atoms with E-state index in [-0.39, 0.29) is 24.0 Å². The quantitative estimate of drug-likeness (QED) is 0.753. The molecular weight excluding hydrogens is 280 g/mol. The Hall–Kier alpha value is -1.75. The van der Waals surface area contributed by atoms with Crippen molar-refractivity contribution in [1.29, 1.82) is 0 Å². The molecule has 2 rings (SSSR count). The molecule has 0 heterocycles. The maximum atomic E-state index is 12.0. The fourth-order valence-electron chi connectivity index (χ4n) is 2.92. The highest BCUT2D eigenvalue weighted by Crippen LogP contribution is 2.35. The molecule has 0 saturated heterocycles. The number of amides is 1. The minimum atomic E-state index is -0.330. The second-order valence-corrected chi connectivity index (χ2v) is 6.25. The predicted molar refractivity (Wildman–Crippen MR) is 87.1 cm³/mol. The summed E-state index contributed by atoms with van der Waals surface area (Å²) in [6.07, 6.45) is 3.63. The molecule has 1 aromatic carbocycles. The Kier molecular flexibility index (Phi) is 5.66. The number of nitrogens with one attached hydrogen (secondary N) is 2. The number of hydrogen-bond acceptors (Lipinski definition) is 4. The summed E-state index contributed by atoms with van der Waals surface area (Å²) < 4.78 is 5.24. The lowest BCUT2D eigenvalue weighted by molar-refractivity contribution is -0.120. The van der Waals surface area contributed by atoms with Crippen LogP contribution in [-0.4, -0.2) is 37.3 Å². The predicted octanol–water partition coefficient (Wildman–Crippen LogP) is 2.16. The zero-order valence-corrected chi connectivity index (χ0v) is 13.4. The van der Waals surface area contributed by atoms with Gasteiger partial charge in [0.2, 0.25) is 5.91 Å². The molecule has 0 aromatic heterocycles. The first-order valence-corrected chi connectivity index (χ1v) is 7.87. The third-order valence-corrected chi connectivity index (χ3v) is 4.52. The van der Waals surface area contributed by atoms with E-state index in [9.17, 15) is 9.90 Å². The van der Waals surface area contributed by atoms with Crippen LogP contribution in [0, 0.1) is 5.41 Å². The maximum Gasteiger partial charge on any atom is 0.239 e. The third kappa shape index (κ3) is 4.13. The Bertz CT molecular complexity index is 506. The molecule has 1 aliphatic carbocycles. The molecular formula is C17H26N2O3. The van der Waals surface area contributed by atoms with E-state index in [1.54, 1.807) is 7.11 Å². The Morgan fingerprint density at radius 1 is 1.41 bits per heavy atom. The number of aliphatic hydroxyl groups is 1. The van der Waals surface area contributed by atoms with Crippen LogP contribution in [0.2, 0.25) is 0 Å². The summed E-state index contributed by atoms with van der Waals surface area (Å²) in [5.74, 6) is 0.634. The number of methoxy groups -OCH3 is 1. The van der Waals surface area contributed by atoms with Crippen molar-refractivity contribution in [2.75, 3.05) is 25.5 Å². The van der Waals surface area contributed by atoms with E-state index >= 15 is 0 Å². The van der Waals surface area contributed by atoms with E-state index in [2.05, 4.69) is 10.6 Å². The van der Waals surface area contributed by atoms with Crippen LogP contribution in [-0.2, 0) is 4.79 Å². The first-order valence-electron chi connectivity index (χ1n) is 7.87. The highest BCUT2D eigenvalue weighted by atomic mass is 16.5. The molecule has 3 N–H and O–H groups in total. The van der Waals surface area contributed by atoms with E-state index in [0.29, 0.717) is 12.3 Å². The van der Waals surface area contributed by atoms with Crippen molar-refractivity contribution in [3.05, 3.63) is 24.3 Å². The standard InChI is InChI=1S/C17H26N2O3/c1-17(10-6-5-9-15(17)20)12-19-16(21)11-18-13-7-3-4-8-14(13)22-2/h3-4,7-8,15,18,20H,5-6,9-12H2,1-2H3,(H,19,21)/t15-,17+/m1/s1. The van der Waals surface area contributed by atoms with Gasteiger partial charge in [0.15, 0.2) is 0 Å². The molecule has 5 nitrogen and oxygen atoms in total. The number of hydrogen-bond donors (Lipinski definition) is 3. The van der Waals surface area contributed by atoms with Crippen molar-refractivity contribution >= 4 is 11.6 Å². The van der Waals surface area contributed by atoms with Crippen molar-refractivity contribution in [3.63, 3.8) is 0 Å². The minimum absolute atomic E-state index is 0.0788. The lowest BCUT2D eigenvalue weighted by Gasteiger charge is -2.38. The topological polar surface area (TPSA) is 70.6 Å². The van der Waals surface area contributed by atoms with Gasteiger partial charge in [0.25, 0.3) is 0 Å². The van der Waals surface area contributed by atoms with Crippen molar-refractivity contribution in [2.24, 2.45) is 5.41 Å². The number of carbonyl (C=O) groups excluding carboxylic acids is 1. The van der Waals surface area contributed by atoms with Crippen LogP contribution in [0.4, 0.5) is 5.69 Å². The molecule has 1 saturated carbocycles. The summed E-state index contributed by atoms with van der Waals surface area (Å²) in [5.41, 5.74) is 0.585. The number of para-hydroxylation sites is 2. The first kappa shape index (κ1) is 16.6. The molecule has 1 aromatic rings. The molecule has 0 spiro atoms. The van der Waals surface area contributed by atoms with E-state index in [1.807, 2.05) is 31.2 Å². The van der Waals surface area contributed by atoms with Crippen LogP contribution >= 0.6 is 0 Å². The lowest BCUT2D eigenvalue weighted by Crippen LogP contribution is -2.46. The Balaban J connectivity index is 1.81. The highest BCUT2D eigenvalue weighted by molar-refractivity contribution is 5.81. The third-order valence-electron chi connectivity index (χ3n) is 4.52. The largest absolute Gasteiger partial charge is 0.495 e. The summed E-state index contributed by atoms with van der Waals surface area (Å²) in [7, 11) is 1.60. The number of benzene rings is 1. The van der Waals surface area contributed by atoms with Gasteiger partial charge in [-0.15, -0.1) is 0 Å². The van der Waals surface area contributed by atoms with Gasteiger partial charge < -0.3 is 20.5 Å². The molecule has 5 heteroatoms. The average molecular weight is 306 g/mol. The van der Waals surface area contributed by atoms with Crippen LogP contribution in [0.5, 0.6) is 5.75 Å². The average Bonchev–Trinajstić information content (AvgIpc) is 2.54. The smallest absolute Gasteiger partial charge is 0.239 e. The zero-order valence-electron chi connectivity index (χ0n) is 13.4. The van der Waals surface area contributed by atoms with Gasteiger partial charge in [-0.05, 0) is 25.0 Å². The summed E-state index contributed by atoms with van der Waals surface area (Å²) in [4.78, 5) is 12.0. The van der Waals surface area contributed by atoms with Gasteiger partial charge in [-0.3, -0.25) is 4.79 Å². The Morgan fingerprint density at radius 3 is 2.91 bits per heavy atom. The van der Waals surface area contributed by atoms with Gasteiger partial charge in [0.05, 0.1) is 25.4 Å². The number of carbonyl (C=O) groups is 1. The molecule has 0 bridgehead atoms. The molecule has 0 aliphatic heterocycles. The molecule has 2 atom stereocenters. The van der Waals surface area contributed by atoms with Crippen molar-refractivity contribution in [1.82, 2.24) is 5.32 Å². The van der Waals surface area contributed by atoms with E-state index in [0.717, 1.165) is 31.4 Å². The first-order chi connectivity index (χ1) is 10.5. The molecule has 0 radical (unpaired) electrons. The molecule has 1 fully saturated rings. The van der Waals surface area contributed by atoms with Crippen molar-refractivity contribution < 1.29 is 14.6 Å². The summed E-state index contributed by atoms with van der Waals surface area (Å²) in [6, 6.07) is 7.50. The van der Waals surface area contributed by atoms with Gasteiger partial charge >= 0.3 is 0 Å². The number of anilines is 1. The van der Waals surface area contributed by atoms with Crippen LogP contribution in [0.15, 0.2) is 24.3 Å². The van der Waals surface area contributed by atoms with E-state index < -0.39 is 0 Å². The van der Waals surface area contributed by atoms with Crippen LogP contribution in [0.25, 0.3) is 0 Å². The number of ether oxygens (including phenoxy) is 1. The Morgan fingerprint density at radius 2 is 2.18 bits per heavy atom. The zero-order chi connectivity index (χ0) is 16.0. The fourth-order valence-corrected chi connectivity index (χ4v) is 2.92. The monoisotopic (exact) mass is 306 g/mol. The van der Waals surface area contributed by atoms with E-state index in [1.165, 1.54) is 0 Å². The minimum Gasteiger partial charge on any atom is -0.495 e. The molecule has 122 valence electrons. The summed E-state index contributed by atoms with van der Waals surface area (Å²) >= 11 is 0. The van der Waals surface area contributed by atoms with Crippen molar-refractivity contribution in [3.8, 4) is 5.75 Å². The Labute approximate surface area is 132 Å². The maximum absolute atomic E-state index is 12.0.